The number of nitrogens with zero attached hydrogens (tertiary/aromatic N) is 3. The molecule has 3 aliphatic rings. The van der Waals surface area contributed by atoms with Crippen molar-refractivity contribution in [2.75, 3.05) is 31.1 Å². The van der Waals surface area contributed by atoms with E-state index in [1.54, 1.807) is 4.90 Å². The zero-order chi connectivity index (χ0) is 31.9. The third-order valence-electron chi connectivity index (χ3n) is 9.39. The van der Waals surface area contributed by atoms with Crippen molar-refractivity contribution in [3.8, 4) is 17.0 Å². The molecular weight excluding hydrogens is 566 g/mol. The molecule has 2 fully saturated rings. The fraction of sp³-hybridized carbons (Fsp3) is 0.486. The second kappa shape index (κ2) is 12.0. The third kappa shape index (κ3) is 6.37. The van der Waals surface area contributed by atoms with Crippen molar-refractivity contribution in [2.45, 2.75) is 79.6 Å². The number of carbonyl (C=O) groups is 2. The predicted molar refractivity (Wildman–Crippen MR) is 174 cm³/mol. The maximum Gasteiger partial charge on any atom is 0.410 e. The minimum Gasteiger partial charge on any atom is -0.488 e. The maximum absolute atomic E-state index is 12.7. The van der Waals surface area contributed by atoms with E-state index in [-0.39, 0.29) is 17.5 Å². The van der Waals surface area contributed by atoms with E-state index in [0.717, 1.165) is 71.9 Å². The molecule has 0 bridgehead atoms. The highest BCUT2D eigenvalue weighted by atomic mass is 16.6. The van der Waals surface area contributed by atoms with Crippen LogP contribution in [0.3, 0.4) is 0 Å². The number of rotatable bonds is 7. The summed E-state index contributed by atoms with van der Waals surface area (Å²) in [5.74, 6) is 2.05. The second-order valence-corrected chi connectivity index (χ2v) is 13.8. The van der Waals surface area contributed by atoms with Crippen LogP contribution < -0.4 is 9.64 Å². The van der Waals surface area contributed by atoms with Crippen LogP contribution in [0.2, 0.25) is 0 Å². The molecule has 2 atom stereocenters. The smallest absolute Gasteiger partial charge is 0.410 e. The minimum atomic E-state index is -0.512. The number of para-hydroxylation sites is 1. The molecule has 3 heterocycles. The van der Waals surface area contributed by atoms with Crippen LogP contribution in [0.25, 0.3) is 11.3 Å². The first-order valence-corrected chi connectivity index (χ1v) is 16.2. The summed E-state index contributed by atoms with van der Waals surface area (Å²) in [6.45, 7) is 15.4. The Kier molecular flexibility index (Phi) is 8.27. The van der Waals surface area contributed by atoms with Gasteiger partial charge in [-0.05, 0) is 113 Å². The summed E-state index contributed by atoms with van der Waals surface area (Å²) in [6, 6.07) is 16.7. The summed E-state index contributed by atoms with van der Waals surface area (Å²) in [6.07, 6.45) is 2.23. The van der Waals surface area contributed by atoms with Gasteiger partial charge in [-0.3, -0.25) is 4.79 Å². The average Bonchev–Trinajstić information content (AvgIpc) is 3.75. The molecule has 0 radical (unpaired) electrons. The minimum absolute atomic E-state index is 0.0326. The molecule has 1 amide bonds. The average molecular weight is 612 g/mol. The zero-order valence-electron chi connectivity index (χ0n) is 27.4. The summed E-state index contributed by atoms with van der Waals surface area (Å²) in [4.78, 5) is 34.4. The fourth-order valence-electron chi connectivity index (χ4n) is 6.91. The topological polar surface area (TPSA) is 81.2 Å². The molecule has 0 spiro atoms. The number of benzene rings is 2. The molecule has 0 N–H and O–H groups in total. The van der Waals surface area contributed by atoms with E-state index in [4.69, 9.17) is 19.2 Å². The van der Waals surface area contributed by atoms with E-state index >= 15 is 0 Å². The second-order valence-electron chi connectivity index (χ2n) is 13.8. The van der Waals surface area contributed by atoms with Crippen molar-refractivity contribution in [1.82, 2.24) is 9.88 Å². The lowest BCUT2D eigenvalue weighted by molar-refractivity contribution is -0.150. The van der Waals surface area contributed by atoms with E-state index in [1.807, 2.05) is 39.8 Å². The Morgan fingerprint density at radius 3 is 2.60 bits per heavy atom. The van der Waals surface area contributed by atoms with Gasteiger partial charge in [-0.15, -0.1) is 0 Å². The molecule has 1 aromatic heterocycles. The number of ether oxygens (including phenoxy) is 3. The molecule has 3 aromatic rings. The Morgan fingerprint density at radius 2 is 1.84 bits per heavy atom. The number of carbonyl (C=O) groups excluding carboxylic acids is 2. The van der Waals surface area contributed by atoms with Crippen molar-refractivity contribution in [3.05, 3.63) is 76.3 Å². The first-order chi connectivity index (χ1) is 21.5. The molecule has 2 aliphatic heterocycles. The molecule has 8 nitrogen and oxygen atoms in total. The van der Waals surface area contributed by atoms with E-state index in [1.165, 1.54) is 11.1 Å². The van der Waals surface area contributed by atoms with E-state index < -0.39 is 5.60 Å². The van der Waals surface area contributed by atoms with Crippen LogP contribution in [0.5, 0.6) is 5.75 Å². The van der Waals surface area contributed by atoms with Crippen molar-refractivity contribution in [1.29, 1.82) is 0 Å². The molecule has 1 saturated heterocycles. The fourth-order valence-corrected chi connectivity index (χ4v) is 6.91. The normalized spacial score (nSPS) is 20.6. The molecule has 1 aliphatic carbocycles. The van der Waals surface area contributed by atoms with Crippen LogP contribution in [0, 0.1) is 25.2 Å². The number of fused-ring (bicyclic) bond motifs is 2. The van der Waals surface area contributed by atoms with E-state index in [2.05, 4.69) is 55.1 Å². The lowest BCUT2D eigenvalue weighted by atomic mass is 9.93. The van der Waals surface area contributed by atoms with Gasteiger partial charge in [0.1, 0.15) is 23.8 Å². The summed E-state index contributed by atoms with van der Waals surface area (Å²) >= 11 is 0. The standard InChI is InChI=1S/C37H45N3O5/c1-7-43-34(41)37-15-17-39(21-28(37)20-37)32-13-9-12-31(38-32)29-11-8-10-24(2)33(29)44-23-26-18-25(3)30-22-40(16-14-27(30)19-26)35(42)45-36(4,5)6/h8-13,18-19,28H,7,14-17,20-23H2,1-6H3/t28-,37+/m0/s1. The number of aromatic nitrogens is 1. The largest absolute Gasteiger partial charge is 0.488 e. The first kappa shape index (κ1) is 30.9. The van der Waals surface area contributed by atoms with Crippen LogP contribution in [0.1, 0.15) is 68.4 Å². The van der Waals surface area contributed by atoms with Crippen LogP contribution >= 0.6 is 0 Å². The first-order valence-electron chi connectivity index (χ1n) is 16.2. The van der Waals surface area contributed by atoms with Crippen LogP contribution in [0.15, 0.2) is 48.5 Å². The number of amides is 1. The summed E-state index contributed by atoms with van der Waals surface area (Å²) in [5, 5.41) is 0. The van der Waals surface area contributed by atoms with Crippen molar-refractivity contribution >= 4 is 17.9 Å². The molecule has 45 heavy (non-hydrogen) atoms. The van der Waals surface area contributed by atoms with Crippen molar-refractivity contribution in [2.24, 2.45) is 11.3 Å². The lowest BCUT2D eigenvalue weighted by Gasteiger charge is -2.32. The number of aryl methyl sites for hydroxylation is 2. The number of hydrogen-bond acceptors (Lipinski definition) is 7. The van der Waals surface area contributed by atoms with Crippen LogP contribution in [-0.4, -0.2) is 53.8 Å². The van der Waals surface area contributed by atoms with Gasteiger partial charge in [-0.1, -0.05) is 30.3 Å². The van der Waals surface area contributed by atoms with Gasteiger partial charge in [-0.2, -0.15) is 0 Å². The number of piperidine rings is 1. The van der Waals surface area contributed by atoms with Crippen LogP contribution in [0.4, 0.5) is 10.6 Å². The maximum atomic E-state index is 12.7. The van der Waals surface area contributed by atoms with E-state index in [9.17, 15) is 9.59 Å². The highest BCUT2D eigenvalue weighted by Crippen LogP contribution is 2.59. The Balaban J connectivity index is 1.16. The number of pyridine rings is 1. The molecule has 6 rings (SSSR count). The van der Waals surface area contributed by atoms with Crippen LogP contribution in [-0.2, 0) is 33.8 Å². The molecule has 8 heteroatoms. The van der Waals surface area contributed by atoms with Gasteiger partial charge < -0.3 is 24.0 Å². The predicted octanol–water partition coefficient (Wildman–Crippen LogP) is 7.02. The molecule has 2 aromatic carbocycles. The third-order valence-corrected chi connectivity index (χ3v) is 9.39. The van der Waals surface area contributed by atoms with Gasteiger partial charge in [0.2, 0.25) is 0 Å². The monoisotopic (exact) mass is 611 g/mol. The molecule has 238 valence electrons. The Bertz CT molecular complexity index is 1610. The van der Waals surface area contributed by atoms with Gasteiger partial charge in [0, 0.05) is 31.7 Å². The zero-order valence-corrected chi connectivity index (χ0v) is 27.4. The number of esters is 1. The highest BCUT2D eigenvalue weighted by molar-refractivity contribution is 5.81. The van der Waals surface area contributed by atoms with Gasteiger partial charge in [-0.25, -0.2) is 9.78 Å². The summed E-state index contributed by atoms with van der Waals surface area (Å²) in [5.41, 5.74) is 6.80. The Hall–Kier alpha value is -4.07. The van der Waals surface area contributed by atoms with Gasteiger partial charge in [0.05, 0.1) is 17.7 Å². The Morgan fingerprint density at radius 1 is 1.04 bits per heavy atom. The number of hydrogen-bond donors (Lipinski definition) is 0. The van der Waals surface area contributed by atoms with E-state index in [0.29, 0.717) is 32.2 Å². The molecular formula is C37H45N3O5. The SMILES string of the molecule is CCOC(=O)[C@@]12CCN(c3cccc(-c4cccc(C)c4OCc4cc(C)c5c(c4)CCN(C(=O)OC(C)(C)C)C5)n3)C[C@@H]1C2. The lowest BCUT2D eigenvalue weighted by Crippen LogP contribution is -2.40. The molecule has 0 unspecified atom stereocenters. The highest BCUT2D eigenvalue weighted by Gasteiger charge is 2.63. The quantitative estimate of drug-likeness (QED) is 0.266. The summed E-state index contributed by atoms with van der Waals surface area (Å²) < 4.78 is 17.5. The van der Waals surface area contributed by atoms with Crippen molar-refractivity contribution < 1.29 is 23.8 Å². The number of anilines is 1. The molecule has 1 saturated carbocycles. The van der Waals surface area contributed by atoms with Gasteiger partial charge in [0.25, 0.3) is 0 Å². The van der Waals surface area contributed by atoms with Gasteiger partial charge >= 0.3 is 12.1 Å². The Labute approximate surface area is 266 Å². The van der Waals surface area contributed by atoms with Crippen molar-refractivity contribution in [3.63, 3.8) is 0 Å². The summed E-state index contributed by atoms with van der Waals surface area (Å²) in [7, 11) is 0. The van der Waals surface area contributed by atoms with Gasteiger partial charge in [0.15, 0.2) is 0 Å².